The molecule has 0 fully saturated rings. The van der Waals surface area contributed by atoms with E-state index in [1.54, 1.807) is 0 Å². The fraction of sp³-hybridized carbons (Fsp3) is 0.417. The Morgan fingerprint density at radius 3 is 2.28 bits per heavy atom. The zero-order valence-corrected chi connectivity index (χ0v) is 17.6. The first-order chi connectivity index (χ1) is 13.9. The van der Waals surface area contributed by atoms with Gasteiger partial charge in [0, 0.05) is 19.0 Å². The molecule has 0 saturated carbocycles. The number of nitrogens with one attached hydrogen (secondary N) is 2. The van der Waals surface area contributed by atoms with Gasteiger partial charge in [-0.15, -0.1) is 0 Å². The summed E-state index contributed by atoms with van der Waals surface area (Å²) in [6, 6.07) is 19.9. The number of amides is 2. The summed E-state index contributed by atoms with van der Waals surface area (Å²) in [5, 5.41) is 5.74. The molecule has 5 nitrogen and oxygen atoms in total. The molecule has 5 heteroatoms. The van der Waals surface area contributed by atoms with Crippen LogP contribution in [-0.4, -0.2) is 24.6 Å². The highest BCUT2D eigenvalue weighted by atomic mass is 16.5. The minimum Gasteiger partial charge on any atom is -0.445 e. The smallest absolute Gasteiger partial charge is 0.407 e. The van der Waals surface area contributed by atoms with E-state index in [0.717, 1.165) is 12.0 Å². The average molecular weight is 397 g/mol. The van der Waals surface area contributed by atoms with Gasteiger partial charge in [0.1, 0.15) is 6.61 Å². The van der Waals surface area contributed by atoms with Crippen LogP contribution in [0.1, 0.15) is 51.2 Å². The Morgan fingerprint density at radius 1 is 1.00 bits per heavy atom. The molecule has 0 radical (unpaired) electrons. The molecule has 2 aromatic rings. The van der Waals surface area contributed by atoms with E-state index < -0.39 is 6.09 Å². The van der Waals surface area contributed by atoms with Crippen LogP contribution in [0.3, 0.4) is 0 Å². The van der Waals surface area contributed by atoms with Gasteiger partial charge in [-0.3, -0.25) is 4.79 Å². The molecule has 2 N–H and O–H groups in total. The lowest BCUT2D eigenvalue weighted by Crippen LogP contribution is -2.37. The molecule has 2 aromatic carbocycles. The Labute approximate surface area is 173 Å². The van der Waals surface area contributed by atoms with Crippen molar-refractivity contribution in [3.8, 4) is 0 Å². The zero-order valence-electron chi connectivity index (χ0n) is 17.6. The van der Waals surface area contributed by atoms with Crippen molar-refractivity contribution in [2.75, 3.05) is 6.54 Å². The average Bonchev–Trinajstić information content (AvgIpc) is 2.70. The number of hydrogen-bond acceptors (Lipinski definition) is 3. The molecule has 0 aliphatic carbocycles. The van der Waals surface area contributed by atoms with E-state index in [1.165, 1.54) is 5.56 Å². The predicted octanol–water partition coefficient (Wildman–Crippen LogP) is 4.57. The number of benzene rings is 2. The maximum Gasteiger partial charge on any atom is 0.407 e. The van der Waals surface area contributed by atoms with Gasteiger partial charge in [-0.25, -0.2) is 4.79 Å². The van der Waals surface area contributed by atoms with E-state index in [-0.39, 0.29) is 24.0 Å². The topological polar surface area (TPSA) is 67.4 Å². The van der Waals surface area contributed by atoms with E-state index in [2.05, 4.69) is 36.6 Å². The maximum atomic E-state index is 12.2. The van der Waals surface area contributed by atoms with Crippen molar-refractivity contribution in [3.63, 3.8) is 0 Å². The third-order valence-electron chi connectivity index (χ3n) is 4.84. The van der Waals surface area contributed by atoms with Crippen molar-refractivity contribution >= 4 is 12.0 Å². The molecule has 1 unspecified atom stereocenters. The SMILES string of the molecule is CC(CC(C)(C)c1ccccc1)NC(=O)CCCNC(=O)OCc1ccccc1. The molecule has 2 rings (SSSR count). The van der Waals surface area contributed by atoms with Crippen LogP contribution in [0.2, 0.25) is 0 Å². The Bertz CT molecular complexity index is 760. The fourth-order valence-electron chi connectivity index (χ4n) is 3.38. The summed E-state index contributed by atoms with van der Waals surface area (Å²) in [4.78, 5) is 23.9. The summed E-state index contributed by atoms with van der Waals surface area (Å²) in [5.74, 6) is 0.000754. The van der Waals surface area contributed by atoms with Gasteiger partial charge in [0.15, 0.2) is 0 Å². The lowest BCUT2D eigenvalue weighted by atomic mass is 9.79. The number of ether oxygens (including phenoxy) is 1. The van der Waals surface area contributed by atoms with Gasteiger partial charge in [0.25, 0.3) is 0 Å². The van der Waals surface area contributed by atoms with E-state index in [4.69, 9.17) is 4.74 Å². The molecular weight excluding hydrogens is 364 g/mol. The maximum absolute atomic E-state index is 12.2. The summed E-state index contributed by atoms with van der Waals surface area (Å²) in [7, 11) is 0. The van der Waals surface area contributed by atoms with Crippen molar-refractivity contribution in [2.24, 2.45) is 0 Å². The first-order valence-corrected chi connectivity index (χ1v) is 10.2. The van der Waals surface area contributed by atoms with Crippen LogP contribution in [-0.2, 0) is 21.6 Å². The standard InChI is InChI=1S/C24H32N2O3/c1-19(17-24(2,3)21-13-8-5-9-14-21)26-22(27)15-10-16-25-23(28)29-18-20-11-6-4-7-12-20/h4-9,11-14,19H,10,15-18H2,1-3H3,(H,25,28)(H,26,27). The Balaban J connectivity index is 1.61. The van der Waals surface area contributed by atoms with Crippen LogP contribution in [0.4, 0.5) is 4.79 Å². The van der Waals surface area contributed by atoms with Gasteiger partial charge in [-0.05, 0) is 36.3 Å². The summed E-state index contributed by atoms with van der Waals surface area (Å²) in [6.45, 7) is 7.06. The predicted molar refractivity (Wildman–Crippen MR) is 116 cm³/mol. The molecule has 0 aliphatic rings. The molecule has 0 aromatic heterocycles. The van der Waals surface area contributed by atoms with Crippen molar-refractivity contribution in [2.45, 2.75) is 58.1 Å². The van der Waals surface area contributed by atoms with Crippen LogP contribution in [0, 0.1) is 0 Å². The van der Waals surface area contributed by atoms with Gasteiger partial charge in [0.05, 0.1) is 0 Å². The second kappa shape index (κ2) is 11.2. The highest BCUT2D eigenvalue weighted by molar-refractivity contribution is 5.76. The van der Waals surface area contributed by atoms with Crippen LogP contribution in [0.25, 0.3) is 0 Å². The number of hydrogen-bond donors (Lipinski definition) is 2. The number of carbonyl (C=O) groups excluding carboxylic acids is 2. The summed E-state index contributed by atoms with van der Waals surface area (Å²) in [6.07, 6.45) is 1.33. The van der Waals surface area contributed by atoms with Crippen molar-refractivity contribution in [1.82, 2.24) is 10.6 Å². The Hall–Kier alpha value is -2.82. The molecular formula is C24H32N2O3. The summed E-state index contributed by atoms with van der Waals surface area (Å²) in [5.41, 5.74) is 2.19. The third-order valence-corrected chi connectivity index (χ3v) is 4.84. The van der Waals surface area contributed by atoms with Crippen molar-refractivity contribution in [3.05, 3.63) is 71.8 Å². The first-order valence-electron chi connectivity index (χ1n) is 10.2. The molecule has 0 spiro atoms. The lowest BCUT2D eigenvalue weighted by Gasteiger charge is -2.29. The van der Waals surface area contributed by atoms with Gasteiger partial charge in [-0.1, -0.05) is 74.5 Å². The monoisotopic (exact) mass is 396 g/mol. The summed E-state index contributed by atoms with van der Waals surface area (Å²) < 4.78 is 5.15. The number of alkyl carbamates (subject to hydrolysis) is 1. The largest absolute Gasteiger partial charge is 0.445 e. The molecule has 0 saturated heterocycles. The molecule has 0 bridgehead atoms. The molecule has 29 heavy (non-hydrogen) atoms. The lowest BCUT2D eigenvalue weighted by molar-refractivity contribution is -0.121. The van der Waals surface area contributed by atoms with E-state index in [9.17, 15) is 9.59 Å². The first kappa shape index (κ1) is 22.5. The molecule has 2 amide bonds. The second-order valence-electron chi connectivity index (χ2n) is 8.01. The van der Waals surface area contributed by atoms with Gasteiger partial charge >= 0.3 is 6.09 Å². The summed E-state index contributed by atoms with van der Waals surface area (Å²) >= 11 is 0. The number of rotatable bonds is 10. The van der Waals surface area contributed by atoms with Crippen molar-refractivity contribution in [1.29, 1.82) is 0 Å². The highest BCUT2D eigenvalue weighted by Crippen LogP contribution is 2.28. The van der Waals surface area contributed by atoms with E-state index in [1.807, 2.05) is 55.5 Å². The number of carbonyl (C=O) groups is 2. The molecule has 1 atom stereocenters. The molecule has 0 heterocycles. The molecule has 0 aliphatic heterocycles. The van der Waals surface area contributed by atoms with Gasteiger partial charge in [-0.2, -0.15) is 0 Å². The zero-order chi connectivity index (χ0) is 21.1. The van der Waals surface area contributed by atoms with Gasteiger partial charge in [0.2, 0.25) is 5.91 Å². The van der Waals surface area contributed by atoms with Crippen molar-refractivity contribution < 1.29 is 14.3 Å². The second-order valence-corrected chi connectivity index (χ2v) is 8.01. The third kappa shape index (κ3) is 8.38. The van der Waals surface area contributed by atoms with Crippen LogP contribution >= 0.6 is 0 Å². The van der Waals surface area contributed by atoms with Gasteiger partial charge < -0.3 is 15.4 Å². The van der Waals surface area contributed by atoms with Crippen LogP contribution in [0.15, 0.2) is 60.7 Å². The van der Waals surface area contributed by atoms with E-state index in [0.29, 0.717) is 19.4 Å². The normalized spacial score (nSPS) is 12.1. The fourth-order valence-corrected chi connectivity index (χ4v) is 3.38. The highest BCUT2D eigenvalue weighted by Gasteiger charge is 2.23. The van der Waals surface area contributed by atoms with Crippen LogP contribution < -0.4 is 10.6 Å². The van der Waals surface area contributed by atoms with Crippen LogP contribution in [0.5, 0.6) is 0 Å². The minimum absolute atomic E-state index is 0.000754. The Kier molecular flexibility index (Phi) is 8.71. The quantitative estimate of drug-likeness (QED) is 0.578. The Morgan fingerprint density at radius 2 is 1.62 bits per heavy atom. The molecule has 156 valence electrons. The van der Waals surface area contributed by atoms with E-state index >= 15 is 0 Å². The minimum atomic E-state index is -0.466.